The van der Waals surface area contributed by atoms with E-state index >= 15 is 0 Å². The quantitative estimate of drug-likeness (QED) is 0.264. The summed E-state index contributed by atoms with van der Waals surface area (Å²) in [5.74, 6) is 0. The molecule has 0 fully saturated rings. The lowest BCUT2D eigenvalue weighted by Gasteiger charge is -2.32. The fourth-order valence-corrected chi connectivity index (χ4v) is 5.84. The van der Waals surface area contributed by atoms with Crippen LogP contribution in [0.3, 0.4) is 0 Å². The summed E-state index contributed by atoms with van der Waals surface area (Å²) in [7, 11) is 0. The first kappa shape index (κ1) is 22.5. The van der Waals surface area contributed by atoms with Gasteiger partial charge in [0.05, 0.1) is 11.0 Å². The van der Waals surface area contributed by atoms with Crippen molar-refractivity contribution in [2.45, 2.75) is 12.1 Å². The third-order valence-electron chi connectivity index (χ3n) is 7.74. The summed E-state index contributed by atoms with van der Waals surface area (Å²) in [4.78, 5) is 0. The Hall–Kier alpha value is -4.66. The number of rotatable bonds is 4. The molecule has 0 radical (unpaired) electrons. The lowest BCUT2D eigenvalue weighted by atomic mass is 9.88. The van der Waals surface area contributed by atoms with Gasteiger partial charge in [0.2, 0.25) is 0 Å². The Morgan fingerprint density at radius 3 is 1.68 bits per heavy atom. The highest BCUT2D eigenvalue weighted by Gasteiger charge is 2.29. The van der Waals surface area contributed by atoms with Crippen LogP contribution in [0.4, 0.5) is 0 Å². The van der Waals surface area contributed by atoms with Gasteiger partial charge in [-0.1, -0.05) is 127 Å². The normalized spacial score (nSPS) is 17.1. The molecule has 1 unspecified atom stereocenters. The molecule has 38 heavy (non-hydrogen) atoms. The predicted octanol–water partition coefficient (Wildman–Crippen LogP) is 8.78. The molecule has 0 saturated carbocycles. The highest BCUT2D eigenvalue weighted by atomic mass is 15.2. The first-order chi connectivity index (χ1) is 18.7. The number of hydrogen-bond acceptors (Lipinski definition) is 1. The van der Waals surface area contributed by atoms with Gasteiger partial charge >= 0.3 is 0 Å². The molecular formula is C36H28N2. The van der Waals surface area contributed by atoms with E-state index in [1.165, 1.54) is 44.2 Å². The van der Waals surface area contributed by atoms with Crippen molar-refractivity contribution in [2.24, 2.45) is 5.73 Å². The van der Waals surface area contributed by atoms with Crippen LogP contribution in [-0.2, 0) is 5.66 Å². The monoisotopic (exact) mass is 488 g/mol. The molecule has 1 heterocycles. The summed E-state index contributed by atoms with van der Waals surface area (Å²) in [5.41, 5.74) is 16.2. The highest BCUT2D eigenvalue weighted by molar-refractivity contribution is 6.08. The standard InChI is InChI=1S/C36H28N2/c37-36(38-34-16-8-6-14-32(34)33-15-7-9-17-35(33)38)24-22-29(23-25-36)31-13-5-4-12-30(31)28-20-18-27(19-21-28)26-10-2-1-3-11-26/h1-24H,25,37H2. The molecule has 5 aromatic carbocycles. The first-order valence-electron chi connectivity index (χ1n) is 13.1. The molecule has 0 amide bonds. The molecule has 0 aliphatic heterocycles. The van der Waals surface area contributed by atoms with Crippen molar-refractivity contribution in [1.29, 1.82) is 0 Å². The van der Waals surface area contributed by atoms with E-state index in [0.717, 1.165) is 11.0 Å². The largest absolute Gasteiger partial charge is 0.318 e. The van der Waals surface area contributed by atoms with Gasteiger partial charge in [-0.2, -0.15) is 0 Å². The van der Waals surface area contributed by atoms with E-state index in [9.17, 15) is 0 Å². The Kier molecular flexibility index (Phi) is 5.35. The number of fused-ring (bicyclic) bond motifs is 3. The molecule has 2 N–H and O–H groups in total. The van der Waals surface area contributed by atoms with Gasteiger partial charge < -0.3 is 10.3 Å². The minimum absolute atomic E-state index is 0.640. The summed E-state index contributed by atoms with van der Waals surface area (Å²) >= 11 is 0. The van der Waals surface area contributed by atoms with Crippen LogP contribution < -0.4 is 5.73 Å². The molecule has 1 atom stereocenters. The minimum Gasteiger partial charge on any atom is -0.318 e. The Morgan fingerprint density at radius 2 is 1.05 bits per heavy atom. The molecule has 2 nitrogen and oxygen atoms in total. The van der Waals surface area contributed by atoms with Crippen LogP contribution in [0, 0.1) is 0 Å². The van der Waals surface area contributed by atoms with Gasteiger partial charge in [0.15, 0.2) is 0 Å². The molecule has 6 aromatic rings. The highest BCUT2D eigenvalue weighted by Crippen LogP contribution is 2.39. The Bertz CT molecular complexity index is 1780. The molecule has 2 heteroatoms. The Morgan fingerprint density at radius 1 is 0.526 bits per heavy atom. The summed E-state index contributed by atoms with van der Waals surface area (Å²) in [6, 6.07) is 45.1. The van der Waals surface area contributed by atoms with E-state index in [1.807, 2.05) is 0 Å². The van der Waals surface area contributed by atoms with Gasteiger partial charge in [-0.15, -0.1) is 0 Å². The minimum atomic E-state index is -0.640. The van der Waals surface area contributed by atoms with Crippen LogP contribution in [0.15, 0.2) is 146 Å². The van der Waals surface area contributed by atoms with E-state index in [2.05, 4.69) is 150 Å². The number of nitrogens with two attached hydrogens (primary N) is 1. The van der Waals surface area contributed by atoms with Crippen LogP contribution in [0.5, 0.6) is 0 Å². The van der Waals surface area contributed by atoms with Crippen molar-refractivity contribution in [3.8, 4) is 22.3 Å². The second-order valence-corrected chi connectivity index (χ2v) is 10.0. The third-order valence-corrected chi connectivity index (χ3v) is 7.74. The third kappa shape index (κ3) is 3.70. The number of allylic oxidation sites excluding steroid dienone is 2. The van der Waals surface area contributed by atoms with Crippen molar-refractivity contribution in [3.05, 3.63) is 151 Å². The molecule has 1 aliphatic rings. The Labute approximate surface area is 223 Å². The lowest BCUT2D eigenvalue weighted by molar-refractivity contribution is 0.412. The molecule has 7 rings (SSSR count). The first-order valence-corrected chi connectivity index (χ1v) is 13.1. The van der Waals surface area contributed by atoms with Gasteiger partial charge in [0.1, 0.15) is 5.66 Å². The zero-order valence-corrected chi connectivity index (χ0v) is 21.1. The summed E-state index contributed by atoms with van der Waals surface area (Å²) in [6.45, 7) is 0. The SMILES string of the molecule is NC1(n2c3ccccc3c3ccccc32)C=CC(c2ccccc2-c2ccc(-c3ccccc3)cc2)=CC1. The van der Waals surface area contributed by atoms with Crippen LogP contribution in [-0.4, -0.2) is 4.57 Å². The maximum Gasteiger partial charge on any atom is 0.116 e. The average Bonchev–Trinajstić information content (AvgIpc) is 3.34. The van der Waals surface area contributed by atoms with Gasteiger partial charge in [-0.3, -0.25) is 0 Å². The van der Waals surface area contributed by atoms with Crippen LogP contribution in [0.1, 0.15) is 12.0 Å². The summed E-state index contributed by atoms with van der Waals surface area (Å²) < 4.78 is 2.30. The molecule has 0 spiro atoms. The number of nitrogens with zero attached hydrogens (tertiary/aromatic N) is 1. The summed E-state index contributed by atoms with van der Waals surface area (Å²) in [5, 5.41) is 2.47. The fourth-order valence-electron chi connectivity index (χ4n) is 5.84. The number of aromatic nitrogens is 1. The van der Waals surface area contributed by atoms with Gasteiger partial charge in [-0.05, 0) is 51.6 Å². The lowest BCUT2D eigenvalue weighted by Crippen LogP contribution is -2.41. The maximum absolute atomic E-state index is 7.15. The van der Waals surface area contributed by atoms with Crippen molar-refractivity contribution in [2.75, 3.05) is 0 Å². The smallest absolute Gasteiger partial charge is 0.116 e. The second-order valence-electron chi connectivity index (χ2n) is 10.0. The van der Waals surface area contributed by atoms with E-state index < -0.39 is 5.66 Å². The molecule has 1 aromatic heterocycles. The van der Waals surface area contributed by atoms with Crippen molar-refractivity contribution >= 4 is 27.4 Å². The molecule has 1 aliphatic carbocycles. The average molecular weight is 489 g/mol. The second kappa shape index (κ2) is 9.02. The van der Waals surface area contributed by atoms with E-state index in [1.54, 1.807) is 0 Å². The van der Waals surface area contributed by atoms with Crippen LogP contribution in [0.25, 0.3) is 49.6 Å². The molecule has 0 bridgehead atoms. The van der Waals surface area contributed by atoms with Crippen LogP contribution in [0.2, 0.25) is 0 Å². The molecule has 0 saturated heterocycles. The number of hydrogen-bond donors (Lipinski definition) is 1. The number of benzene rings is 5. The van der Waals surface area contributed by atoms with Crippen LogP contribution >= 0.6 is 0 Å². The van der Waals surface area contributed by atoms with Crippen molar-refractivity contribution in [3.63, 3.8) is 0 Å². The number of para-hydroxylation sites is 2. The molecular weight excluding hydrogens is 460 g/mol. The van der Waals surface area contributed by atoms with Gasteiger partial charge in [0, 0.05) is 17.2 Å². The van der Waals surface area contributed by atoms with Crippen molar-refractivity contribution in [1.82, 2.24) is 4.57 Å². The Balaban J connectivity index is 1.25. The van der Waals surface area contributed by atoms with E-state index in [0.29, 0.717) is 6.42 Å². The molecule has 182 valence electrons. The van der Waals surface area contributed by atoms with E-state index in [4.69, 9.17) is 5.73 Å². The van der Waals surface area contributed by atoms with E-state index in [-0.39, 0.29) is 0 Å². The maximum atomic E-state index is 7.15. The zero-order valence-electron chi connectivity index (χ0n) is 21.1. The summed E-state index contributed by atoms with van der Waals surface area (Å²) in [6.07, 6.45) is 7.38. The fraction of sp³-hybridized carbons (Fsp3) is 0.0556. The van der Waals surface area contributed by atoms with Gasteiger partial charge in [-0.25, -0.2) is 0 Å². The zero-order chi connectivity index (χ0) is 25.5. The van der Waals surface area contributed by atoms with Gasteiger partial charge in [0.25, 0.3) is 0 Å². The predicted molar refractivity (Wildman–Crippen MR) is 161 cm³/mol. The topological polar surface area (TPSA) is 30.9 Å². The van der Waals surface area contributed by atoms with Crippen molar-refractivity contribution < 1.29 is 0 Å².